The Morgan fingerprint density at radius 1 is 0.821 bits per heavy atom. The molecule has 5 aromatic rings. The second-order valence-electron chi connectivity index (χ2n) is 20.3. The number of nitrogens with one attached hydrogen (secondary N) is 1. The quantitative estimate of drug-likeness (QED) is 0.150. The highest BCUT2D eigenvalue weighted by molar-refractivity contribution is 6.06. The number of aromatic nitrogens is 4. The lowest BCUT2D eigenvalue weighted by atomic mass is 9.84. The van der Waals surface area contributed by atoms with Crippen molar-refractivity contribution in [3.05, 3.63) is 78.4 Å². The maximum Gasteiger partial charge on any atom is 0.328 e. The largest absolute Gasteiger partial charge is 0.507 e. The molecule has 4 N–H and O–H groups in total. The third-order valence-electron chi connectivity index (χ3n) is 16.4. The number of amides is 3. The van der Waals surface area contributed by atoms with E-state index in [9.17, 15) is 14.7 Å². The number of anilines is 5. The van der Waals surface area contributed by atoms with Gasteiger partial charge in [-0.05, 0) is 93.5 Å². The number of carbonyl (C=O) groups excluding carboxylic acids is 2. The second kappa shape index (κ2) is 16.3. The maximum absolute atomic E-state index is 17.0. The van der Waals surface area contributed by atoms with Crippen molar-refractivity contribution < 1.29 is 23.5 Å². The van der Waals surface area contributed by atoms with Gasteiger partial charge >= 0.3 is 6.03 Å². The molecule has 9 heterocycles. The monoisotopic (exact) mass is 912 g/mol. The standard InChI is InChI=1S/C50H58F2N12O3/c1-30-24-62(48-40(30)20-38(23-54-48)61-15-12-46(66)55-49(61)67)37-18-36(19-37)59-25-32-6-7-33(26-59)63(32)29-50(52)13-16-58(17-14-50)43-21-31(10-11-41(43)51)64-34-8-9-35(64)28-60(27-34)44-22-42(56-57-47(44)53)39-4-2-3-5-45(39)65/h2-5,10-11,20-24,32-37,65H,6-9,12-19,25-29H2,1H3,(H2,53,57)(H,55,66,67). The van der Waals surface area contributed by atoms with E-state index in [1.807, 2.05) is 36.4 Å². The van der Waals surface area contributed by atoms with Crippen LogP contribution in [0.5, 0.6) is 5.75 Å². The number of rotatable bonds is 9. The minimum Gasteiger partial charge on any atom is -0.507 e. The first-order valence-electron chi connectivity index (χ1n) is 24.2. The number of urea groups is 1. The Morgan fingerprint density at radius 3 is 2.28 bits per heavy atom. The Kier molecular flexibility index (Phi) is 10.3. The van der Waals surface area contributed by atoms with Crippen molar-refractivity contribution in [1.29, 1.82) is 0 Å². The van der Waals surface area contributed by atoms with Crippen LogP contribution in [0, 0.1) is 12.7 Å². The van der Waals surface area contributed by atoms with E-state index in [0.717, 1.165) is 92.7 Å². The zero-order valence-electron chi connectivity index (χ0n) is 37.9. The van der Waals surface area contributed by atoms with Crippen molar-refractivity contribution in [3.63, 3.8) is 0 Å². The molecular weight excluding hydrogens is 855 g/mol. The first-order chi connectivity index (χ1) is 32.4. The van der Waals surface area contributed by atoms with Crippen molar-refractivity contribution in [3.8, 4) is 17.0 Å². The number of pyridine rings is 1. The van der Waals surface area contributed by atoms with Crippen LogP contribution in [0.15, 0.2) is 67.0 Å². The molecule has 1 saturated carbocycles. The SMILES string of the molecule is Cc1cn(C2CC(N3CC4CCC(C3)N4CC3(F)CCN(c4cc(N5C6CCC5CN(c5cc(-c7ccccc7O)nnc5N)C6)ccc4F)CC3)C2)c2ncc(N3CCC(=O)NC3=O)cc12. The van der Waals surface area contributed by atoms with E-state index >= 15 is 8.78 Å². The molecule has 3 amide bonds. The number of aryl methyl sites for hydroxylation is 1. The number of aromatic hydroxyl groups is 1. The van der Waals surface area contributed by atoms with Gasteiger partial charge in [0.05, 0.1) is 29.0 Å². The average molecular weight is 913 g/mol. The van der Waals surface area contributed by atoms with Crippen LogP contribution in [-0.2, 0) is 4.79 Å². The molecular formula is C50H58F2N12O3. The third-order valence-corrected chi connectivity index (χ3v) is 16.4. The summed E-state index contributed by atoms with van der Waals surface area (Å²) in [5.74, 6) is -0.0325. The summed E-state index contributed by atoms with van der Waals surface area (Å²) in [7, 11) is 0. The number of alkyl halides is 1. The number of carbonyl (C=O) groups is 2. The van der Waals surface area contributed by atoms with E-state index in [-0.39, 0.29) is 36.0 Å². The summed E-state index contributed by atoms with van der Waals surface area (Å²) in [5, 5.41) is 22.4. The normalized spacial score (nSPS) is 27.5. The summed E-state index contributed by atoms with van der Waals surface area (Å²) >= 11 is 0. The van der Waals surface area contributed by atoms with Gasteiger partial charge in [0.2, 0.25) is 5.91 Å². The molecule has 17 heteroatoms. The highest BCUT2D eigenvalue weighted by atomic mass is 19.1. The number of phenols is 1. The highest BCUT2D eigenvalue weighted by Gasteiger charge is 2.49. The van der Waals surface area contributed by atoms with Gasteiger partial charge in [0, 0.05) is 131 Å². The number of hydrogen-bond acceptors (Lipinski definition) is 12. The summed E-state index contributed by atoms with van der Waals surface area (Å²) in [5.41, 5.74) is 11.3. The van der Waals surface area contributed by atoms with Gasteiger partial charge in [-0.3, -0.25) is 24.8 Å². The summed E-state index contributed by atoms with van der Waals surface area (Å²) in [4.78, 5) is 42.5. The van der Waals surface area contributed by atoms with Gasteiger partial charge in [0.1, 0.15) is 22.9 Å². The minimum absolute atomic E-state index is 0.138. The lowest BCUT2D eigenvalue weighted by Gasteiger charge is -2.51. The summed E-state index contributed by atoms with van der Waals surface area (Å²) in [6.07, 6.45) is 11.2. The van der Waals surface area contributed by atoms with Gasteiger partial charge in [-0.15, -0.1) is 10.2 Å². The Balaban J connectivity index is 0.656. The fourth-order valence-corrected chi connectivity index (χ4v) is 12.7. The van der Waals surface area contributed by atoms with Crippen molar-refractivity contribution in [1.82, 2.24) is 34.9 Å². The number of piperazine rings is 2. The minimum atomic E-state index is -1.32. The van der Waals surface area contributed by atoms with E-state index in [1.54, 1.807) is 29.3 Å². The number of likely N-dealkylation sites (tertiary alicyclic amines) is 1. The van der Waals surface area contributed by atoms with E-state index in [4.69, 9.17) is 10.7 Å². The van der Waals surface area contributed by atoms with Crippen LogP contribution < -0.4 is 30.7 Å². The number of phenolic OH excluding ortho intramolecular Hbond substituents is 1. The van der Waals surface area contributed by atoms with Crippen molar-refractivity contribution in [2.45, 2.75) is 107 Å². The zero-order valence-corrected chi connectivity index (χ0v) is 37.9. The van der Waals surface area contributed by atoms with Crippen LogP contribution in [0.2, 0.25) is 0 Å². The average Bonchev–Trinajstić information content (AvgIpc) is 3.84. The van der Waals surface area contributed by atoms with Gasteiger partial charge in [0.15, 0.2) is 5.82 Å². The summed E-state index contributed by atoms with van der Waals surface area (Å²) in [6, 6.07) is 18.0. The molecule has 1 aliphatic carbocycles. The number of imide groups is 1. The van der Waals surface area contributed by atoms with Crippen LogP contribution in [0.4, 0.5) is 42.1 Å². The van der Waals surface area contributed by atoms with Crippen LogP contribution in [0.3, 0.4) is 0 Å². The van der Waals surface area contributed by atoms with Gasteiger partial charge in [-0.2, -0.15) is 0 Å². The molecule has 15 nitrogen and oxygen atoms in total. The highest BCUT2D eigenvalue weighted by Crippen LogP contribution is 2.45. The molecule has 0 radical (unpaired) electrons. The Labute approximate surface area is 388 Å². The third kappa shape index (κ3) is 7.48. The fraction of sp³-hybridized carbons (Fsp3) is 0.500. The van der Waals surface area contributed by atoms with Crippen LogP contribution in [-0.4, -0.2) is 135 Å². The first kappa shape index (κ1) is 42.3. The molecule has 4 bridgehead atoms. The first-order valence-corrected chi connectivity index (χ1v) is 24.2. The van der Waals surface area contributed by atoms with Crippen LogP contribution in [0.25, 0.3) is 22.3 Å². The zero-order chi connectivity index (χ0) is 45.7. The molecule has 350 valence electrons. The number of piperidine rings is 1. The van der Waals surface area contributed by atoms with Crippen LogP contribution in [0.1, 0.15) is 69.4 Å². The smallest absolute Gasteiger partial charge is 0.328 e. The summed E-state index contributed by atoms with van der Waals surface area (Å²) in [6.45, 7) is 7.19. The molecule has 6 saturated heterocycles. The number of benzene rings is 2. The van der Waals surface area contributed by atoms with Gasteiger partial charge in [-0.25, -0.2) is 18.6 Å². The Morgan fingerprint density at radius 2 is 1.55 bits per heavy atom. The fourth-order valence-electron chi connectivity index (χ4n) is 12.7. The lowest BCUT2D eigenvalue weighted by molar-refractivity contribution is -0.120. The lowest BCUT2D eigenvalue weighted by Crippen LogP contribution is -2.61. The number of nitrogens with two attached hydrogens (primary N) is 1. The number of para-hydroxylation sites is 1. The molecule has 7 fully saturated rings. The maximum atomic E-state index is 17.0. The Bertz CT molecular complexity index is 2730. The summed E-state index contributed by atoms with van der Waals surface area (Å²) < 4.78 is 35.0. The number of nitrogen functional groups attached to an aromatic ring is 1. The molecule has 6 aliphatic heterocycles. The van der Waals surface area contributed by atoms with E-state index < -0.39 is 11.7 Å². The van der Waals surface area contributed by atoms with E-state index in [2.05, 4.69) is 57.7 Å². The molecule has 67 heavy (non-hydrogen) atoms. The predicted octanol–water partition coefficient (Wildman–Crippen LogP) is 6.39. The van der Waals surface area contributed by atoms with Crippen molar-refractivity contribution >= 4 is 51.5 Å². The molecule has 12 rings (SSSR count). The van der Waals surface area contributed by atoms with Gasteiger partial charge < -0.3 is 30.1 Å². The molecule has 4 unspecified atom stereocenters. The molecule has 0 spiro atoms. The number of hydrogen-bond donors (Lipinski definition) is 3. The van der Waals surface area contributed by atoms with Crippen LogP contribution >= 0.6 is 0 Å². The van der Waals surface area contributed by atoms with Crippen molar-refractivity contribution in [2.75, 3.05) is 77.7 Å². The molecule has 2 aromatic carbocycles. The second-order valence-corrected chi connectivity index (χ2v) is 20.3. The molecule has 7 aliphatic rings. The van der Waals surface area contributed by atoms with Gasteiger partial charge in [-0.1, -0.05) is 12.1 Å². The predicted molar refractivity (Wildman–Crippen MR) is 254 cm³/mol. The van der Waals surface area contributed by atoms with E-state index in [1.165, 1.54) is 0 Å². The van der Waals surface area contributed by atoms with Crippen molar-refractivity contribution in [2.24, 2.45) is 0 Å². The number of halogens is 2. The number of nitrogens with zero attached hydrogens (tertiary/aromatic N) is 10. The topological polar surface area (TPSA) is 155 Å². The van der Waals surface area contributed by atoms with Gasteiger partial charge in [0.25, 0.3) is 0 Å². The molecule has 4 atom stereocenters. The molecule has 3 aromatic heterocycles. The number of fused-ring (bicyclic) bond motifs is 5. The van der Waals surface area contributed by atoms with E-state index in [0.29, 0.717) is 91.6 Å². The Hall–Kier alpha value is -6.07.